The van der Waals surface area contributed by atoms with Crippen molar-refractivity contribution in [2.24, 2.45) is 0 Å². The van der Waals surface area contributed by atoms with E-state index >= 15 is 0 Å². The van der Waals surface area contributed by atoms with Crippen molar-refractivity contribution in [2.45, 2.75) is 32.2 Å². The Morgan fingerprint density at radius 3 is 3.00 bits per heavy atom. The Labute approximate surface area is 89.1 Å². The van der Waals surface area contributed by atoms with Gasteiger partial charge in [-0.3, -0.25) is 4.79 Å². The summed E-state index contributed by atoms with van der Waals surface area (Å²) in [5, 5.41) is 12.3. The summed E-state index contributed by atoms with van der Waals surface area (Å²) in [4.78, 5) is 10.8. The monoisotopic (exact) mass is 205 g/mol. The Morgan fingerprint density at radius 1 is 1.60 bits per heavy atom. The van der Waals surface area contributed by atoms with Gasteiger partial charge in [0, 0.05) is 11.7 Å². The van der Waals surface area contributed by atoms with Gasteiger partial charge >= 0.3 is 5.97 Å². The van der Waals surface area contributed by atoms with E-state index in [-0.39, 0.29) is 0 Å². The zero-order chi connectivity index (χ0) is 11.0. The second-order valence-electron chi connectivity index (χ2n) is 4.23. The quantitative estimate of drug-likeness (QED) is 0.778. The Morgan fingerprint density at radius 2 is 2.33 bits per heavy atom. The normalized spacial score (nSPS) is 20.5. The number of fused-ring (bicyclic) bond motifs is 1. The molecule has 2 N–H and O–H groups in total. The maximum absolute atomic E-state index is 10.8. The fourth-order valence-corrected chi connectivity index (χ4v) is 1.98. The topological polar surface area (TPSA) is 49.3 Å². The van der Waals surface area contributed by atoms with E-state index in [0.29, 0.717) is 6.04 Å². The minimum Gasteiger partial charge on any atom is -0.481 e. The van der Waals surface area contributed by atoms with Crippen molar-refractivity contribution >= 4 is 11.7 Å². The van der Waals surface area contributed by atoms with Crippen LogP contribution in [0.25, 0.3) is 0 Å². The van der Waals surface area contributed by atoms with E-state index in [0.717, 1.165) is 17.7 Å². The van der Waals surface area contributed by atoms with Gasteiger partial charge in [-0.15, -0.1) is 0 Å². The van der Waals surface area contributed by atoms with Gasteiger partial charge in [0.05, 0.1) is 5.92 Å². The first-order chi connectivity index (χ1) is 7.08. The number of hydrogen-bond donors (Lipinski definition) is 2. The molecule has 0 aliphatic carbocycles. The molecule has 1 aliphatic heterocycles. The summed E-state index contributed by atoms with van der Waals surface area (Å²) < 4.78 is 0. The Balaban J connectivity index is 2.31. The van der Waals surface area contributed by atoms with E-state index in [4.69, 9.17) is 5.11 Å². The highest BCUT2D eigenvalue weighted by Crippen LogP contribution is 2.29. The molecule has 15 heavy (non-hydrogen) atoms. The van der Waals surface area contributed by atoms with Crippen molar-refractivity contribution in [3.05, 3.63) is 29.3 Å². The number of hydrogen-bond acceptors (Lipinski definition) is 2. The molecular weight excluding hydrogens is 190 g/mol. The molecule has 2 atom stereocenters. The van der Waals surface area contributed by atoms with Crippen LogP contribution in [-0.2, 0) is 11.2 Å². The molecule has 0 saturated carbocycles. The van der Waals surface area contributed by atoms with Crippen LogP contribution in [0.2, 0.25) is 0 Å². The van der Waals surface area contributed by atoms with Gasteiger partial charge in [0.1, 0.15) is 0 Å². The van der Waals surface area contributed by atoms with Gasteiger partial charge in [-0.25, -0.2) is 0 Å². The van der Waals surface area contributed by atoms with Gasteiger partial charge < -0.3 is 10.4 Å². The lowest BCUT2D eigenvalue weighted by Gasteiger charge is -2.08. The van der Waals surface area contributed by atoms with Crippen LogP contribution in [0, 0.1) is 0 Å². The second kappa shape index (κ2) is 3.57. The molecule has 0 spiro atoms. The average molecular weight is 205 g/mol. The Hall–Kier alpha value is -1.51. The molecule has 0 bridgehead atoms. The van der Waals surface area contributed by atoms with Crippen LogP contribution in [0.4, 0.5) is 5.69 Å². The molecular formula is C12H15NO2. The van der Waals surface area contributed by atoms with Crippen molar-refractivity contribution in [3.63, 3.8) is 0 Å². The smallest absolute Gasteiger partial charge is 0.310 e. The molecule has 1 aromatic carbocycles. The lowest BCUT2D eigenvalue weighted by Crippen LogP contribution is -2.08. The molecule has 0 fully saturated rings. The first-order valence-corrected chi connectivity index (χ1v) is 5.20. The number of rotatable bonds is 2. The highest BCUT2D eigenvalue weighted by molar-refractivity contribution is 5.76. The van der Waals surface area contributed by atoms with Gasteiger partial charge in [-0.2, -0.15) is 0 Å². The minimum absolute atomic E-state index is 0.425. The van der Waals surface area contributed by atoms with Crippen LogP contribution in [0.5, 0.6) is 0 Å². The number of carboxylic acids is 1. The number of anilines is 1. The largest absolute Gasteiger partial charge is 0.481 e. The summed E-state index contributed by atoms with van der Waals surface area (Å²) in [7, 11) is 0. The minimum atomic E-state index is -0.769. The first-order valence-electron chi connectivity index (χ1n) is 5.20. The Bertz CT molecular complexity index is 401. The molecule has 0 radical (unpaired) electrons. The van der Waals surface area contributed by atoms with Crippen LogP contribution in [0.15, 0.2) is 18.2 Å². The summed E-state index contributed by atoms with van der Waals surface area (Å²) >= 11 is 0. The van der Waals surface area contributed by atoms with E-state index in [1.807, 2.05) is 18.2 Å². The van der Waals surface area contributed by atoms with Crippen molar-refractivity contribution in [1.82, 2.24) is 0 Å². The van der Waals surface area contributed by atoms with Crippen molar-refractivity contribution in [2.75, 3.05) is 5.32 Å². The third kappa shape index (κ3) is 1.82. The fraction of sp³-hybridized carbons (Fsp3) is 0.417. The van der Waals surface area contributed by atoms with Gasteiger partial charge in [0.25, 0.3) is 0 Å². The van der Waals surface area contributed by atoms with Crippen LogP contribution in [-0.4, -0.2) is 17.1 Å². The number of aliphatic carboxylic acids is 1. The molecule has 2 rings (SSSR count). The molecule has 1 heterocycles. The number of benzene rings is 1. The van der Waals surface area contributed by atoms with Crippen molar-refractivity contribution in [1.29, 1.82) is 0 Å². The summed E-state index contributed by atoms with van der Waals surface area (Å²) in [6, 6.07) is 6.33. The summed E-state index contributed by atoms with van der Waals surface area (Å²) in [5.74, 6) is -1.19. The van der Waals surface area contributed by atoms with Crippen molar-refractivity contribution < 1.29 is 9.90 Å². The lowest BCUT2D eigenvalue weighted by atomic mass is 9.98. The van der Waals surface area contributed by atoms with E-state index in [1.165, 1.54) is 5.56 Å². The van der Waals surface area contributed by atoms with Crippen LogP contribution >= 0.6 is 0 Å². The summed E-state index contributed by atoms with van der Waals surface area (Å²) in [6.07, 6.45) is 0.982. The van der Waals surface area contributed by atoms with Crippen molar-refractivity contribution in [3.8, 4) is 0 Å². The van der Waals surface area contributed by atoms with Gasteiger partial charge in [0.2, 0.25) is 0 Å². The number of carboxylic acid groups (broad SMARTS) is 1. The highest BCUT2D eigenvalue weighted by atomic mass is 16.4. The van der Waals surface area contributed by atoms with Gasteiger partial charge in [-0.1, -0.05) is 12.1 Å². The maximum Gasteiger partial charge on any atom is 0.310 e. The number of carbonyl (C=O) groups is 1. The molecule has 1 aliphatic rings. The average Bonchev–Trinajstić information content (AvgIpc) is 2.55. The van der Waals surface area contributed by atoms with Crippen LogP contribution in [0.1, 0.15) is 30.9 Å². The number of nitrogens with one attached hydrogen (secondary N) is 1. The van der Waals surface area contributed by atoms with E-state index in [2.05, 4.69) is 12.2 Å². The summed E-state index contributed by atoms with van der Waals surface area (Å²) in [6.45, 7) is 3.84. The maximum atomic E-state index is 10.8. The molecule has 2 unspecified atom stereocenters. The molecule has 0 amide bonds. The predicted octanol–water partition coefficient (Wildman–Crippen LogP) is 2.23. The molecule has 3 heteroatoms. The predicted molar refractivity (Wildman–Crippen MR) is 59.3 cm³/mol. The van der Waals surface area contributed by atoms with E-state index < -0.39 is 11.9 Å². The standard InChI is InChI=1S/C12H15NO2/c1-7-5-10-6-9(8(2)12(14)15)3-4-11(10)13-7/h3-4,6-8,13H,5H2,1-2H3,(H,14,15). The fourth-order valence-electron chi connectivity index (χ4n) is 1.98. The molecule has 3 nitrogen and oxygen atoms in total. The van der Waals surface area contributed by atoms with Crippen LogP contribution < -0.4 is 5.32 Å². The third-order valence-electron chi connectivity index (χ3n) is 2.93. The SMILES string of the molecule is CC1Cc2cc(C(C)C(=O)O)ccc2N1. The Kier molecular flexibility index (Phi) is 2.39. The van der Waals surface area contributed by atoms with Crippen LogP contribution in [0.3, 0.4) is 0 Å². The lowest BCUT2D eigenvalue weighted by molar-refractivity contribution is -0.138. The zero-order valence-corrected chi connectivity index (χ0v) is 8.95. The zero-order valence-electron chi connectivity index (χ0n) is 8.95. The highest BCUT2D eigenvalue weighted by Gasteiger charge is 2.20. The third-order valence-corrected chi connectivity index (χ3v) is 2.93. The van der Waals surface area contributed by atoms with Gasteiger partial charge in [0.15, 0.2) is 0 Å². The molecule has 0 saturated heterocycles. The van der Waals surface area contributed by atoms with E-state index in [9.17, 15) is 4.79 Å². The summed E-state index contributed by atoms with van der Waals surface area (Å²) in [5.41, 5.74) is 3.26. The molecule has 1 aromatic rings. The first kappa shape index (κ1) is 10.0. The van der Waals surface area contributed by atoms with E-state index in [1.54, 1.807) is 6.92 Å². The second-order valence-corrected chi connectivity index (χ2v) is 4.23. The molecule has 80 valence electrons. The molecule has 0 aromatic heterocycles. The van der Waals surface area contributed by atoms with Gasteiger partial charge in [-0.05, 0) is 37.5 Å².